The molecule has 0 saturated heterocycles. The van der Waals surface area contributed by atoms with Gasteiger partial charge in [0.2, 0.25) is 0 Å². The molecule has 6 heteroatoms. The van der Waals surface area contributed by atoms with Gasteiger partial charge in [-0.2, -0.15) is 0 Å². The predicted octanol–water partition coefficient (Wildman–Crippen LogP) is 4.48. The minimum atomic E-state index is -0.812. The Morgan fingerprint density at radius 2 is 1.63 bits per heavy atom. The summed E-state index contributed by atoms with van der Waals surface area (Å²) in [5, 5.41) is 45.6. The van der Waals surface area contributed by atoms with Gasteiger partial charge in [-0.25, -0.2) is 0 Å². The number of aliphatic hydroxyl groups excluding tert-OH is 4. The first-order valence-corrected chi connectivity index (χ1v) is 15.0. The van der Waals surface area contributed by atoms with Crippen LogP contribution < -0.4 is 0 Å². The molecule has 0 spiro atoms. The van der Waals surface area contributed by atoms with Crippen molar-refractivity contribution in [2.24, 2.45) is 56.7 Å². The van der Waals surface area contributed by atoms with Crippen LogP contribution in [0.5, 0.6) is 0 Å². The van der Waals surface area contributed by atoms with E-state index in [1.807, 2.05) is 13.8 Å². The van der Waals surface area contributed by atoms with Crippen molar-refractivity contribution in [1.82, 2.24) is 0 Å². The maximum Gasteiger partial charge on any atom is 0.302 e. The molecule has 4 fully saturated rings. The zero-order valence-corrected chi connectivity index (χ0v) is 24.8. The Bertz CT molecular complexity index is 1000. The van der Waals surface area contributed by atoms with Crippen molar-refractivity contribution in [1.29, 1.82) is 0 Å². The van der Waals surface area contributed by atoms with E-state index in [9.17, 15) is 25.2 Å². The zero-order valence-electron chi connectivity index (χ0n) is 24.8. The summed E-state index contributed by atoms with van der Waals surface area (Å²) >= 11 is 0. The maximum atomic E-state index is 12.0. The lowest BCUT2D eigenvalue weighted by molar-refractivity contribution is -0.223. The van der Waals surface area contributed by atoms with Crippen molar-refractivity contribution in [2.75, 3.05) is 6.61 Å². The summed E-state index contributed by atoms with van der Waals surface area (Å²) in [4.78, 5) is 12.0. The molecule has 12 atom stereocenters. The van der Waals surface area contributed by atoms with Crippen LogP contribution in [0.3, 0.4) is 0 Å². The van der Waals surface area contributed by atoms with Gasteiger partial charge in [0.25, 0.3) is 0 Å². The summed E-state index contributed by atoms with van der Waals surface area (Å²) in [5.74, 6) is 0.318. The molecule has 4 N–H and O–H groups in total. The van der Waals surface area contributed by atoms with E-state index in [2.05, 4.69) is 40.7 Å². The second kappa shape index (κ2) is 8.77. The van der Waals surface area contributed by atoms with Gasteiger partial charge in [0.15, 0.2) is 0 Å². The number of esters is 1. The summed E-state index contributed by atoms with van der Waals surface area (Å²) in [5.41, 5.74) is -0.392. The molecule has 0 aromatic rings. The van der Waals surface area contributed by atoms with Crippen LogP contribution in [-0.2, 0) is 9.53 Å². The number of hydrogen-bond acceptors (Lipinski definition) is 6. The highest BCUT2D eigenvalue weighted by molar-refractivity contribution is 5.66. The number of carbonyl (C=O) groups is 1. The average Bonchev–Trinajstić information content (AvgIpc) is 3.12. The molecule has 5 aliphatic carbocycles. The number of hydrogen-bond donors (Lipinski definition) is 4. The van der Waals surface area contributed by atoms with E-state index >= 15 is 0 Å². The fourth-order valence-corrected chi connectivity index (χ4v) is 11.6. The molecule has 0 heterocycles. The number of fused-ring (bicyclic) bond motifs is 7. The maximum absolute atomic E-state index is 12.0. The fraction of sp³-hybridized carbons (Fsp3) is 0.906. The van der Waals surface area contributed by atoms with Gasteiger partial charge in [0.05, 0.1) is 31.0 Å². The lowest BCUT2D eigenvalue weighted by atomic mass is 9.35. The van der Waals surface area contributed by atoms with Crippen molar-refractivity contribution in [3.05, 3.63) is 11.6 Å². The van der Waals surface area contributed by atoms with E-state index in [4.69, 9.17) is 4.74 Å². The Balaban J connectivity index is 1.62. The predicted molar refractivity (Wildman–Crippen MR) is 146 cm³/mol. The molecule has 5 rings (SSSR count). The smallest absolute Gasteiger partial charge is 0.302 e. The Hall–Kier alpha value is -0.950. The van der Waals surface area contributed by atoms with Crippen LogP contribution in [-0.4, -0.2) is 57.4 Å². The summed E-state index contributed by atoms with van der Waals surface area (Å²) < 4.78 is 5.77. The quantitative estimate of drug-likeness (QED) is 0.315. The van der Waals surface area contributed by atoms with Crippen molar-refractivity contribution in [3.8, 4) is 0 Å². The summed E-state index contributed by atoms with van der Waals surface area (Å²) in [6.45, 7) is 17.2. The van der Waals surface area contributed by atoms with Gasteiger partial charge in [0, 0.05) is 24.2 Å². The van der Waals surface area contributed by atoms with E-state index in [0.29, 0.717) is 25.4 Å². The Morgan fingerprint density at radius 1 is 0.974 bits per heavy atom. The molecule has 0 bridgehead atoms. The van der Waals surface area contributed by atoms with Crippen molar-refractivity contribution in [3.63, 3.8) is 0 Å². The molecular weight excluding hydrogens is 480 g/mol. The van der Waals surface area contributed by atoms with Gasteiger partial charge < -0.3 is 25.2 Å². The van der Waals surface area contributed by atoms with Crippen LogP contribution in [0, 0.1) is 56.7 Å². The summed E-state index contributed by atoms with van der Waals surface area (Å²) in [7, 11) is 0. The van der Waals surface area contributed by atoms with E-state index in [1.54, 1.807) is 0 Å². The number of aliphatic hydroxyl groups is 4. The molecule has 0 aromatic heterocycles. The van der Waals surface area contributed by atoms with E-state index in [1.165, 1.54) is 12.5 Å². The van der Waals surface area contributed by atoms with Crippen LogP contribution in [0.25, 0.3) is 0 Å². The largest absolute Gasteiger partial charge is 0.465 e. The Morgan fingerprint density at radius 3 is 2.24 bits per heavy atom. The van der Waals surface area contributed by atoms with Crippen LogP contribution in [0.1, 0.15) is 93.9 Å². The van der Waals surface area contributed by atoms with Gasteiger partial charge in [-0.3, -0.25) is 4.79 Å². The van der Waals surface area contributed by atoms with Crippen molar-refractivity contribution in [2.45, 2.75) is 118 Å². The number of ether oxygens (including phenoxy) is 1. The van der Waals surface area contributed by atoms with Crippen LogP contribution in [0.2, 0.25) is 0 Å². The van der Waals surface area contributed by atoms with Crippen LogP contribution in [0.15, 0.2) is 11.6 Å². The highest BCUT2D eigenvalue weighted by Gasteiger charge is 2.73. The molecule has 4 saturated carbocycles. The molecule has 0 unspecified atom stereocenters. The molecular formula is C32H52O6. The minimum Gasteiger partial charge on any atom is -0.465 e. The van der Waals surface area contributed by atoms with Gasteiger partial charge in [-0.1, -0.05) is 60.1 Å². The van der Waals surface area contributed by atoms with E-state index in [-0.39, 0.29) is 51.3 Å². The molecule has 38 heavy (non-hydrogen) atoms. The molecule has 0 aromatic carbocycles. The highest BCUT2D eigenvalue weighted by atomic mass is 16.5. The topological polar surface area (TPSA) is 107 Å². The standard InChI is InChI=1S/C32H52O6/c1-17(2)20-13-22(35)26-31(8)10-9-19-25(30(31,7)11-12-32(20,26)16-38-18(3)33)21(34)14-24-28(4,5)27(37)23(36)15-29(19,24)6/h9,17,20-27,34-37H,10-16H2,1-8H3/t20-,21-,22+,23+,24-,25-,26+,27-,29+,30-,31+,32+/m0/s1. The van der Waals surface area contributed by atoms with Crippen LogP contribution >= 0.6 is 0 Å². The highest BCUT2D eigenvalue weighted by Crippen LogP contribution is 2.76. The molecule has 0 amide bonds. The van der Waals surface area contributed by atoms with E-state index < -0.39 is 29.8 Å². The van der Waals surface area contributed by atoms with Crippen LogP contribution in [0.4, 0.5) is 0 Å². The SMILES string of the molecule is CC(=O)OC[C@@]12CC[C@@]3(C)[C@H]4C(=CC[C@]3(C)[C@H]1[C@H](O)C[C@H]2C(C)C)[C@@]1(C)C[C@@H](O)[C@H](O)C(C)(C)[C@@H]1C[C@@H]4O. The summed E-state index contributed by atoms with van der Waals surface area (Å²) in [6.07, 6.45) is 4.07. The third kappa shape index (κ3) is 3.48. The number of rotatable bonds is 3. The molecule has 0 radical (unpaired) electrons. The molecule has 6 nitrogen and oxygen atoms in total. The lowest BCUT2D eigenvalue weighted by Crippen LogP contribution is -2.68. The van der Waals surface area contributed by atoms with E-state index in [0.717, 1.165) is 25.7 Å². The third-order valence-electron chi connectivity index (χ3n) is 13.4. The third-order valence-corrected chi connectivity index (χ3v) is 13.4. The second-order valence-electron chi connectivity index (χ2n) is 15.6. The first-order chi connectivity index (χ1) is 17.5. The molecule has 216 valence electrons. The first kappa shape index (κ1) is 28.6. The molecule has 0 aliphatic heterocycles. The van der Waals surface area contributed by atoms with Gasteiger partial charge in [-0.05, 0) is 77.9 Å². The second-order valence-corrected chi connectivity index (χ2v) is 15.6. The molecule has 5 aliphatic rings. The minimum absolute atomic E-state index is 0.0359. The van der Waals surface area contributed by atoms with Gasteiger partial charge >= 0.3 is 5.97 Å². The first-order valence-electron chi connectivity index (χ1n) is 15.0. The Labute approximate surface area is 229 Å². The van der Waals surface area contributed by atoms with Gasteiger partial charge in [0.1, 0.15) is 0 Å². The average molecular weight is 533 g/mol. The number of carbonyl (C=O) groups excluding carboxylic acids is 1. The van der Waals surface area contributed by atoms with Crippen molar-refractivity contribution >= 4 is 5.97 Å². The van der Waals surface area contributed by atoms with Gasteiger partial charge in [-0.15, -0.1) is 0 Å². The monoisotopic (exact) mass is 532 g/mol. The number of allylic oxidation sites excluding steroid dienone is 1. The lowest BCUT2D eigenvalue weighted by Gasteiger charge is -2.70. The van der Waals surface area contributed by atoms with Crippen molar-refractivity contribution < 1.29 is 30.0 Å². The summed E-state index contributed by atoms with van der Waals surface area (Å²) in [6, 6.07) is 0. The zero-order chi connectivity index (χ0) is 28.2. The normalized spacial score (nSPS) is 53.3. The fourth-order valence-electron chi connectivity index (χ4n) is 11.6. The Kier molecular flexibility index (Phi) is 6.60.